The maximum absolute atomic E-state index is 13.6. The fourth-order valence-electron chi connectivity index (χ4n) is 3.37. The van der Waals surface area contributed by atoms with Gasteiger partial charge in [0.15, 0.2) is 0 Å². The van der Waals surface area contributed by atoms with Crippen LogP contribution in [0, 0.1) is 5.82 Å². The van der Waals surface area contributed by atoms with Crippen molar-refractivity contribution in [3.05, 3.63) is 35.6 Å². The molecule has 2 fully saturated rings. The Kier molecular flexibility index (Phi) is 6.18. The topological polar surface area (TPSA) is 50.8 Å². The molecular weight excluding hydrogens is 311 g/mol. The Morgan fingerprint density at radius 2 is 2.17 bits per heavy atom. The Morgan fingerprint density at radius 1 is 1.33 bits per heavy atom. The van der Waals surface area contributed by atoms with Gasteiger partial charge in [0.1, 0.15) is 11.9 Å². The molecule has 0 aliphatic carbocycles. The summed E-state index contributed by atoms with van der Waals surface area (Å²) in [5.74, 6) is -0.404. The average molecular weight is 336 g/mol. The largest absolute Gasteiger partial charge is 0.379 e. The fourth-order valence-corrected chi connectivity index (χ4v) is 3.37. The third-order valence-electron chi connectivity index (χ3n) is 4.61. The van der Waals surface area contributed by atoms with Crippen molar-refractivity contribution in [3.63, 3.8) is 0 Å². The zero-order valence-corrected chi connectivity index (χ0v) is 13.9. The third-order valence-corrected chi connectivity index (χ3v) is 4.61. The van der Waals surface area contributed by atoms with Crippen molar-refractivity contribution in [2.75, 3.05) is 39.5 Å². The van der Waals surface area contributed by atoms with Crippen LogP contribution in [0.5, 0.6) is 0 Å². The lowest BCUT2D eigenvalue weighted by Crippen LogP contribution is -2.46. The van der Waals surface area contributed by atoms with Gasteiger partial charge >= 0.3 is 0 Å². The van der Waals surface area contributed by atoms with Gasteiger partial charge in [-0.3, -0.25) is 9.69 Å². The Morgan fingerprint density at radius 3 is 2.88 bits per heavy atom. The molecule has 3 rings (SSSR count). The van der Waals surface area contributed by atoms with Crippen LogP contribution in [-0.2, 0) is 14.3 Å². The number of halogens is 1. The molecule has 2 aliphatic rings. The van der Waals surface area contributed by atoms with Crippen molar-refractivity contribution in [2.24, 2.45) is 0 Å². The van der Waals surface area contributed by atoms with Crippen LogP contribution in [0.4, 0.5) is 4.39 Å². The molecule has 2 aliphatic heterocycles. The summed E-state index contributed by atoms with van der Waals surface area (Å²) >= 11 is 0. The number of rotatable bonds is 6. The predicted octanol–water partition coefficient (Wildman–Crippen LogP) is 1.88. The summed E-state index contributed by atoms with van der Waals surface area (Å²) < 4.78 is 24.6. The lowest BCUT2D eigenvalue weighted by Gasteiger charge is -2.33. The summed E-state index contributed by atoms with van der Waals surface area (Å²) in [7, 11) is 0. The summed E-state index contributed by atoms with van der Waals surface area (Å²) in [5, 5.41) is 3.00. The number of nitrogens with zero attached hydrogens (tertiary/aromatic N) is 1. The van der Waals surface area contributed by atoms with Crippen LogP contribution in [-0.4, -0.2) is 56.4 Å². The highest BCUT2D eigenvalue weighted by Crippen LogP contribution is 2.23. The van der Waals surface area contributed by atoms with E-state index in [2.05, 4.69) is 10.2 Å². The summed E-state index contributed by atoms with van der Waals surface area (Å²) in [5.41, 5.74) is 0.687. The minimum Gasteiger partial charge on any atom is -0.379 e. The van der Waals surface area contributed by atoms with Crippen molar-refractivity contribution >= 4 is 5.91 Å². The highest BCUT2D eigenvalue weighted by Gasteiger charge is 2.29. The molecule has 1 amide bonds. The van der Waals surface area contributed by atoms with Crippen molar-refractivity contribution in [1.82, 2.24) is 10.2 Å². The molecule has 1 aromatic carbocycles. The monoisotopic (exact) mass is 336 g/mol. The first-order valence-corrected chi connectivity index (χ1v) is 8.70. The van der Waals surface area contributed by atoms with Gasteiger partial charge in [0.2, 0.25) is 5.91 Å². The van der Waals surface area contributed by atoms with Crippen LogP contribution in [0.2, 0.25) is 0 Å². The molecule has 0 saturated carbocycles. The van der Waals surface area contributed by atoms with Crippen LogP contribution in [0.1, 0.15) is 30.9 Å². The molecule has 0 spiro atoms. The van der Waals surface area contributed by atoms with E-state index in [9.17, 15) is 9.18 Å². The minimum atomic E-state index is -0.478. The lowest BCUT2D eigenvalue weighted by molar-refractivity contribution is -0.128. The van der Waals surface area contributed by atoms with E-state index in [0.29, 0.717) is 38.4 Å². The molecule has 5 nitrogen and oxygen atoms in total. The molecule has 0 bridgehead atoms. The van der Waals surface area contributed by atoms with Crippen LogP contribution in [0.15, 0.2) is 24.3 Å². The molecule has 0 aromatic heterocycles. The first-order chi connectivity index (χ1) is 11.7. The number of hydrogen-bond acceptors (Lipinski definition) is 4. The zero-order valence-electron chi connectivity index (χ0n) is 13.9. The van der Waals surface area contributed by atoms with E-state index in [1.165, 1.54) is 12.1 Å². The molecule has 2 atom stereocenters. The molecule has 1 aromatic rings. The second-order valence-corrected chi connectivity index (χ2v) is 6.32. The summed E-state index contributed by atoms with van der Waals surface area (Å²) in [4.78, 5) is 14.8. The van der Waals surface area contributed by atoms with E-state index < -0.39 is 6.04 Å². The van der Waals surface area contributed by atoms with E-state index in [4.69, 9.17) is 9.47 Å². The number of benzene rings is 1. The van der Waals surface area contributed by atoms with E-state index >= 15 is 0 Å². The maximum Gasteiger partial charge on any atom is 0.241 e. The van der Waals surface area contributed by atoms with Crippen LogP contribution in [0.25, 0.3) is 0 Å². The lowest BCUT2D eigenvalue weighted by atomic mass is 10.0. The standard InChI is InChI=1S/C18H25FN2O3/c19-15-4-1-3-14(13-15)17(21-8-11-23-12-9-21)18(22)20-7-6-16-5-2-10-24-16/h1,3-4,13,16-17H,2,5-12H2,(H,20,22)/t16-,17-/m1/s1. The van der Waals surface area contributed by atoms with Gasteiger partial charge in [-0.25, -0.2) is 4.39 Å². The van der Waals surface area contributed by atoms with Gasteiger partial charge in [0, 0.05) is 26.2 Å². The molecule has 24 heavy (non-hydrogen) atoms. The van der Waals surface area contributed by atoms with Gasteiger partial charge in [-0.2, -0.15) is 0 Å². The van der Waals surface area contributed by atoms with Gasteiger partial charge in [0.05, 0.1) is 19.3 Å². The van der Waals surface area contributed by atoms with E-state index in [0.717, 1.165) is 25.9 Å². The number of carbonyl (C=O) groups is 1. The van der Waals surface area contributed by atoms with Crippen molar-refractivity contribution in [2.45, 2.75) is 31.4 Å². The Hall–Kier alpha value is -1.50. The minimum absolute atomic E-state index is 0.0829. The molecule has 0 radical (unpaired) electrons. The molecule has 6 heteroatoms. The number of carbonyl (C=O) groups excluding carboxylic acids is 1. The SMILES string of the molecule is O=C(NCC[C@H]1CCCO1)[C@@H](c1cccc(F)c1)N1CCOCC1. The van der Waals surface area contributed by atoms with E-state index in [1.807, 2.05) is 6.07 Å². The maximum atomic E-state index is 13.6. The summed E-state index contributed by atoms with van der Waals surface area (Å²) in [6.45, 7) is 3.92. The molecule has 1 N–H and O–H groups in total. The van der Waals surface area contributed by atoms with Gasteiger partial charge < -0.3 is 14.8 Å². The highest BCUT2D eigenvalue weighted by molar-refractivity contribution is 5.83. The van der Waals surface area contributed by atoms with Gasteiger partial charge in [0.25, 0.3) is 0 Å². The van der Waals surface area contributed by atoms with Gasteiger partial charge in [-0.15, -0.1) is 0 Å². The number of nitrogens with one attached hydrogen (secondary N) is 1. The van der Waals surface area contributed by atoms with Crippen molar-refractivity contribution in [3.8, 4) is 0 Å². The van der Waals surface area contributed by atoms with Crippen molar-refractivity contribution in [1.29, 1.82) is 0 Å². The predicted molar refractivity (Wildman–Crippen MR) is 88.1 cm³/mol. The Labute approximate surface area is 142 Å². The fraction of sp³-hybridized carbons (Fsp3) is 0.611. The van der Waals surface area contributed by atoms with Crippen LogP contribution in [0.3, 0.4) is 0 Å². The smallest absolute Gasteiger partial charge is 0.241 e. The number of amides is 1. The normalized spacial score (nSPS) is 23.1. The molecule has 2 heterocycles. The molecule has 132 valence electrons. The second kappa shape index (κ2) is 8.55. The van der Waals surface area contributed by atoms with Gasteiger partial charge in [-0.05, 0) is 37.0 Å². The Balaban J connectivity index is 1.64. The van der Waals surface area contributed by atoms with E-state index in [-0.39, 0.29) is 17.8 Å². The second-order valence-electron chi connectivity index (χ2n) is 6.32. The van der Waals surface area contributed by atoms with E-state index in [1.54, 1.807) is 6.07 Å². The van der Waals surface area contributed by atoms with Crippen LogP contribution >= 0.6 is 0 Å². The van der Waals surface area contributed by atoms with Gasteiger partial charge in [-0.1, -0.05) is 12.1 Å². The number of hydrogen-bond donors (Lipinski definition) is 1. The number of ether oxygens (including phenoxy) is 2. The first-order valence-electron chi connectivity index (χ1n) is 8.70. The highest BCUT2D eigenvalue weighted by atomic mass is 19.1. The van der Waals surface area contributed by atoms with Crippen LogP contribution < -0.4 is 5.32 Å². The quantitative estimate of drug-likeness (QED) is 0.862. The third kappa shape index (κ3) is 4.53. The first kappa shape index (κ1) is 17.3. The average Bonchev–Trinajstić information content (AvgIpc) is 3.10. The Bertz CT molecular complexity index is 543. The molecular formula is C18H25FN2O3. The summed E-state index contributed by atoms with van der Waals surface area (Å²) in [6.07, 6.45) is 3.23. The summed E-state index contributed by atoms with van der Waals surface area (Å²) in [6, 6.07) is 5.82. The molecule has 0 unspecified atom stereocenters. The molecule has 2 saturated heterocycles. The van der Waals surface area contributed by atoms with Crippen molar-refractivity contribution < 1.29 is 18.7 Å². The zero-order chi connectivity index (χ0) is 16.8. The number of morpholine rings is 1.